The fraction of sp³-hybridized carbons (Fsp3) is 0.500. The number of guanidine groups is 1. The second-order valence-corrected chi connectivity index (χ2v) is 5.72. The van der Waals surface area contributed by atoms with E-state index in [0.29, 0.717) is 18.7 Å². The molecule has 0 saturated carbocycles. The van der Waals surface area contributed by atoms with Crippen molar-refractivity contribution in [2.24, 2.45) is 10.9 Å². The average molecular weight is 456 g/mol. The van der Waals surface area contributed by atoms with Crippen molar-refractivity contribution in [1.82, 2.24) is 10.2 Å². The highest BCUT2D eigenvalue weighted by molar-refractivity contribution is 14.0. The first-order valence-electron chi connectivity index (χ1n) is 8.29. The molecule has 25 heavy (non-hydrogen) atoms. The molecule has 1 N–H and O–H groups in total. The quantitative estimate of drug-likeness (QED) is 0.326. The van der Waals surface area contributed by atoms with Crippen molar-refractivity contribution >= 4 is 35.9 Å². The summed E-state index contributed by atoms with van der Waals surface area (Å²) in [5.74, 6) is 0.747. The first-order chi connectivity index (χ1) is 11.7. The van der Waals surface area contributed by atoms with Crippen LogP contribution in [0.3, 0.4) is 0 Å². The van der Waals surface area contributed by atoms with E-state index in [-0.39, 0.29) is 35.9 Å². The molecular weight excluding hydrogens is 431 g/mol. The van der Waals surface area contributed by atoms with E-state index in [0.717, 1.165) is 37.5 Å². The van der Waals surface area contributed by atoms with Gasteiger partial charge in [0.1, 0.15) is 0 Å². The molecule has 0 amide bonds. The molecule has 0 aromatic heterocycles. The van der Waals surface area contributed by atoms with Crippen molar-refractivity contribution in [3.05, 3.63) is 35.4 Å². The standard InChI is InChI=1S/C18H24N4O2.HI/c1-3-24-17(23)16-8-10-22(11-9-16)18(20-2)21-13-15-6-4-14(12-19)5-7-15;/h4-7,16H,3,8-11,13H2,1-2H3,(H,20,21);1H. The number of esters is 1. The molecule has 6 nitrogen and oxygen atoms in total. The summed E-state index contributed by atoms with van der Waals surface area (Å²) in [6, 6.07) is 9.61. The number of carbonyl (C=O) groups is 1. The van der Waals surface area contributed by atoms with Gasteiger partial charge in [0.15, 0.2) is 5.96 Å². The van der Waals surface area contributed by atoms with Crippen LogP contribution < -0.4 is 5.32 Å². The minimum absolute atomic E-state index is 0. The van der Waals surface area contributed by atoms with Gasteiger partial charge in [0.2, 0.25) is 0 Å². The highest BCUT2D eigenvalue weighted by Crippen LogP contribution is 2.18. The molecule has 1 aromatic rings. The molecule has 136 valence electrons. The first-order valence-corrected chi connectivity index (χ1v) is 8.29. The van der Waals surface area contributed by atoms with Crippen LogP contribution in [0.5, 0.6) is 0 Å². The molecule has 0 atom stereocenters. The number of benzene rings is 1. The van der Waals surface area contributed by atoms with Gasteiger partial charge in [-0.05, 0) is 37.5 Å². The Morgan fingerprint density at radius 2 is 2.00 bits per heavy atom. The Labute approximate surface area is 166 Å². The van der Waals surface area contributed by atoms with Crippen LogP contribution in [-0.2, 0) is 16.1 Å². The molecular formula is C18H25IN4O2. The smallest absolute Gasteiger partial charge is 0.309 e. The van der Waals surface area contributed by atoms with Crippen LogP contribution in [-0.4, -0.2) is 43.6 Å². The zero-order valence-electron chi connectivity index (χ0n) is 14.7. The van der Waals surface area contributed by atoms with Crippen molar-refractivity contribution in [1.29, 1.82) is 5.26 Å². The number of nitrogens with zero attached hydrogens (tertiary/aromatic N) is 3. The van der Waals surface area contributed by atoms with Gasteiger partial charge in [0.25, 0.3) is 0 Å². The van der Waals surface area contributed by atoms with Gasteiger partial charge >= 0.3 is 5.97 Å². The Bertz CT molecular complexity index is 617. The number of rotatable bonds is 4. The molecule has 1 aliphatic heterocycles. The maximum absolute atomic E-state index is 11.8. The summed E-state index contributed by atoms with van der Waals surface area (Å²) in [4.78, 5) is 18.3. The van der Waals surface area contributed by atoms with Crippen LogP contribution >= 0.6 is 24.0 Å². The van der Waals surface area contributed by atoms with Gasteiger partial charge in [0, 0.05) is 26.7 Å². The highest BCUT2D eigenvalue weighted by atomic mass is 127. The minimum Gasteiger partial charge on any atom is -0.466 e. The van der Waals surface area contributed by atoms with Crippen molar-refractivity contribution in [2.75, 3.05) is 26.7 Å². The van der Waals surface area contributed by atoms with Gasteiger partial charge in [-0.1, -0.05) is 12.1 Å². The Hall–Kier alpha value is -1.82. The second-order valence-electron chi connectivity index (χ2n) is 5.72. The largest absolute Gasteiger partial charge is 0.466 e. The number of carbonyl (C=O) groups excluding carboxylic acids is 1. The van der Waals surface area contributed by atoms with Crippen molar-refractivity contribution in [2.45, 2.75) is 26.3 Å². The molecule has 7 heteroatoms. The summed E-state index contributed by atoms with van der Waals surface area (Å²) in [5, 5.41) is 12.2. The zero-order valence-corrected chi connectivity index (χ0v) is 17.0. The van der Waals surface area contributed by atoms with Crippen LogP contribution in [0.4, 0.5) is 0 Å². The lowest BCUT2D eigenvalue weighted by Gasteiger charge is -2.33. The van der Waals surface area contributed by atoms with Crippen molar-refractivity contribution in [3.63, 3.8) is 0 Å². The maximum atomic E-state index is 11.8. The summed E-state index contributed by atoms with van der Waals surface area (Å²) in [6.07, 6.45) is 1.58. The number of nitrogens with one attached hydrogen (secondary N) is 1. The molecule has 1 heterocycles. The van der Waals surface area contributed by atoms with Crippen LogP contribution in [0.1, 0.15) is 30.9 Å². The molecule has 0 unspecified atom stereocenters. The number of likely N-dealkylation sites (tertiary alicyclic amines) is 1. The van der Waals surface area contributed by atoms with E-state index < -0.39 is 0 Å². The topological polar surface area (TPSA) is 77.7 Å². The summed E-state index contributed by atoms with van der Waals surface area (Å²) in [7, 11) is 1.76. The molecule has 1 saturated heterocycles. The van der Waals surface area contributed by atoms with Crippen LogP contribution in [0.2, 0.25) is 0 Å². The number of hydrogen-bond acceptors (Lipinski definition) is 4. The van der Waals surface area contributed by atoms with Gasteiger partial charge < -0.3 is 15.0 Å². The molecule has 1 fully saturated rings. The third-order valence-corrected chi connectivity index (χ3v) is 4.16. The summed E-state index contributed by atoms with van der Waals surface area (Å²) in [6.45, 7) is 4.50. The van der Waals surface area contributed by atoms with E-state index in [2.05, 4.69) is 21.3 Å². The third kappa shape index (κ3) is 6.20. The van der Waals surface area contributed by atoms with E-state index in [9.17, 15) is 4.79 Å². The van der Waals surface area contributed by atoms with Crippen molar-refractivity contribution in [3.8, 4) is 6.07 Å². The maximum Gasteiger partial charge on any atom is 0.309 e. The Balaban J connectivity index is 0.00000312. The monoisotopic (exact) mass is 456 g/mol. The minimum atomic E-state index is -0.0855. The zero-order chi connectivity index (χ0) is 17.4. The lowest BCUT2D eigenvalue weighted by Crippen LogP contribution is -2.46. The van der Waals surface area contributed by atoms with E-state index in [1.807, 2.05) is 31.2 Å². The average Bonchev–Trinajstić information content (AvgIpc) is 2.63. The Morgan fingerprint density at radius 1 is 1.36 bits per heavy atom. The molecule has 1 aliphatic rings. The number of nitriles is 1. The predicted octanol–water partition coefficient (Wildman–Crippen LogP) is 2.53. The number of aliphatic imine (C=N–C) groups is 1. The Kier molecular flexibility index (Phi) is 9.27. The number of halogens is 1. The molecule has 0 radical (unpaired) electrons. The third-order valence-electron chi connectivity index (χ3n) is 4.16. The van der Waals surface area contributed by atoms with Gasteiger partial charge in [-0.15, -0.1) is 24.0 Å². The predicted molar refractivity (Wildman–Crippen MR) is 108 cm³/mol. The van der Waals surface area contributed by atoms with E-state index in [1.54, 1.807) is 7.05 Å². The fourth-order valence-corrected chi connectivity index (χ4v) is 2.80. The van der Waals surface area contributed by atoms with Crippen LogP contribution in [0.25, 0.3) is 0 Å². The lowest BCUT2D eigenvalue weighted by atomic mass is 9.97. The summed E-state index contributed by atoms with van der Waals surface area (Å²) < 4.78 is 5.10. The van der Waals surface area contributed by atoms with Crippen LogP contribution in [0.15, 0.2) is 29.3 Å². The lowest BCUT2D eigenvalue weighted by molar-refractivity contribution is -0.149. The molecule has 0 aliphatic carbocycles. The first kappa shape index (κ1) is 21.2. The van der Waals surface area contributed by atoms with E-state index >= 15 is 0 Å². The normalized spacial score (nSPS) is 15.1. The number of hydrogen-bond donors (Lipinski definition) is 1. The fourth-order valence-electron chi connectivity index (χ4n) is 2.80. The van der Waals surface area contributed by atoms with Gasteiger partial charge in [-0.2, -0.15) is 5.26 Å². The summed E-state index contributed by atoms with van der Waals surface area (Å²) in [5.41, 5.74) is 1.75. The van der Waals surface area contributed by atoms with E-state index in [1.165, 1.54) is 0 Å². The van der Waals surface area contributed by atoms with Crippen LogP contribution in [0, 0.1) is 17.2 Å². The molecule has 2 rings (SSSR count). The van der Waals surface area contributed by atoms with Gasteiger partial charge in [0.05, 0.1) is 24.2 Å². The van der Waals surface area contributed by atoms with E-state index in [4.69, 9.17) is 10.00 Å². The summed E-state index contributed by atoms with van der Waals surface area (Å²) >= 11 is 0. The number of piperidine rings is 1. The molecule has 1 aromatic carbocycles. The second kappa shape index (κ2) is 10.9. The van der Waals surface area contributed by atoms with Gasteiger partial charge in [-0.3, -0.25) is 9.79 Å². The SMILES string of the molecule is CCOC(=O)C1CCN(C(=NC)NCc2ccc(C#N)cc2)CC1.I. The Morgan fingerprint density at radius 3 is 2.52 bits per heavy atom. The van der Waals surface area contributed by atoms with Crippen molar-refractivity contribution < 1.29 is 9.53 Å². The molecule has 0 spiro atoms. The van der Waals surface area contributed by atoms with Gasteiger partial charge in [-0.25, -0.2) is 0 Å². The highest BCUT2D eigenvalue weighted by Gasteiger charge is 2.27. The molecule has 0 bridgehead atoms. The number of ether oxygens (including phenoxy) is 1.